The second kappa shape index (κ2) is 4.64. The first-order chi connectivity index (χ1) is 8.78. The third-order valence-corrected chi connectivity index (χ3v) is 4.70. The molecular formula is C16H23NO2. The average Bonchev–Trinajstić information content (AvgIpc) is 2.31. The predicted octanol–water partition coefficient (Wildman–Crippen LogP) is 3.03. The smallest absolute Gasteiger partial charge is 0.304 e. The lowest BCUT2D eigenvalue weighted by Gasteiger charge is -2.49. The maximum absolute atomic E-state index is 11.4. The van der Waals surface area contributed by atoms with E-state index in [9.17, 15) is 9.90 Å². The summed E-state index contributed by atoms with van der Waals surface area (Å²) < 4.78 is 0. The maximum Gasteiger partial charge on any atom is 0.304 e. The van der Waals surface area contributed by atoms with Gasteiger partial charge in [-0.15, -0.1) is 0 Å². The lowest BCUT2D eigenvalue weighted by Crippen LogP contribution is -2.56. The van der Waals surface area contributed by atoms with Gasteiger partial charge in [0.05, 0.1) is 6.42 Å². The SMILES string of the molecule is CC1CCC(CC(=O)O)(C(C)(C)N)c2ccccc21. The Kier molecular flexibility index (Phi) is 3.43. The van der Waals surface area contributed by atoms with Crippen molar-refractivity contribution in [2.75, 3.05) is 0 Å². The Morgan fingerprint density at radius 1 is 1.47 bits per heavy atom. The molecule has 0 fully saturated rings. The number of carboxylic acids is 1. The fourth-order valence-electron chi connectivity index (χ4n) is 3.45. The van der Waals surface area contributed by atoms with Crippen molar-refractivity contribution in [3.05, 3.63) is 35.4 Å². The van der Waals surface area contributed by atoms with Gasteiger partial charge in [0.2, 0.25) is 0 Å². The third-order valence-electron chi connectivity index (χ3n) is 4.70. The minimum Gasteiger partial charge on any atom is -0.481 e. The molecule has 104 valence electrons. The molecule has 3 heteroatoms. The topological polar surface area (TPSA) is 63.3 Å². The number of rotatable bonds is 3. The van der Waals surface area contributed by atoms with E-state index in [0.717, 1.165) is 18.4 Å². The number of nitrogens with two attached hydrogens (primary N) is 1. The number of fused-ring (bicyclic) bond motifs is 1. The molecule has 1 aliphatic carbocycles. The zero-order valence-electron chi connectivity index (χ0n) is 11.9. The summed E-state index contributed by atoms with van der Waals surface area (Å²) in [6.45, 7) is 6.10. The Hall–Kier alpha value is -1.35. The highest BCUT2D eigenvalue weighted by Gasteiger charge is 2.48. The van der Waals surface area contributed by atoms with Gasteiger partial charge in [0.25, 0.3) is 0 Å². The fourth-order valence-corrected chi connectivity index (χ4v) is 3.45. The van der Waals surface area contributed by atoms with Crippen LogP contribution in [0.4, 0.5) is 0 Å². The average molecular weight is 261 g/mol. The van der Waals surface area contributed by atoms with Crippen LogP contribution in [0.25, 0.3) is 0 Å². The summed E-state index contributed by atoms with van der Waals surface area (Å²) in [5.74, 6) is -0.302. The first-order valence-electron chi connectivity index (χ1n) is 6.88. The molecule has 0 heterocycles. The Balaban J connectivity index is 2.63. The van der Waals surface area contributed by atoms with Crippen molar-refractivity contribution in [1.82, 2.24) is 0 Å². The summed E-state index contributed by atoms with van der Waals surface area (Å²) in [5.41, 5.74) is 7.75. The molecular weight excluding hydrogens is 238 g/mol. The molecule has 0 aliphatic heterocycles. The van der Waals surface area contributed by atoms with E-state index < -0.39 is 16.9 Å². The first-order valence-corrected chi connectivity index (χ1v) is 6.88. The van der Waals surface area contributed by atoms with Crippen molar-refractivity contribution in [3.8, 4) is 0 Å². The van der Waals surface area contributed by atoms with E-state index in [1.807, 2.05) is 26.0 Å². The summed E-state index contributed by atoms with van der Waals surface area (Å²) in [5, 5.41) is 9.33. The highest BCUT2D eigenvalue weighted by Crippen LogP contribution is 2.49. The van der Waals surface area contributed by atoms with Crippen LogP contribution in [0.5, 0.6) is 0 Å². The van der Waals surface area contributed by atoms with E-state index in [2.05, 4.69) is 19.1 Å². The molecule has 2 unspecified atom stereocenters. The van der Waals surface area contributed by atoms with E-state index in [1.165, 1.54) is 5.56 Å². The van der Waals surface area contributed by atoms with Gasteiger partial charge < -0.3 is 10.8 Å². The lowest BCUT2D eigenvalue weighted by molar-refractivity contribution is -0.139. The molecule has 1 aromatic carbocycles. The minimum absolute atomic E-state index is 0.0975. The van der Waals surface area contributed by atoms with Gasteiger partial charge in [-0.1, -0.05) is 31.2 Å². The molecule has 2 rings (SSSR count). The van der Waals surface area contributed by atoms with E-state index in [1.54, 1.807) is 0 Å². The van der Waals surface area contributed by atoms with Gasteiger partial charge in [-0.2, -0.15) is 0 Å². The van der Waals surface area contributed by atoms with Crippen molar-refractivity contribution in [2.45, 2.75) is 56.9 Å². The Labute approximate surface area is 114 Å². The molecule has 0 amide bonds. The van der Waals surface area contributed by atoms with Gasteiger partial charge in [0, 0.05) is 11.0 Å². The summed E-state index contributed by atoms with van der Waals surface area (Å²) >= 11 is 0. The van der Waals surface area contributed by atoms with Gasteiger partial charge in [-0.05, 0) is 43.7 Å². The van der Waals surface area contributed by atoms with Crippen LogP contribution >= 0.6 is 0 Å². The first kappa shape index (κ1) is 14.1. The summed E-state index contributed by atoms with van der Waals surface area (Å²) in [6.07, 6.45) is 1.92. The van der Waals surface area contributed by atoms with E-state index in [-0.39, 0.29) is 6.42 Å². The Morgan fingerprint density at radius 3 is 2.68 bits per heavy atom. The highest BCUT2D eigenvalue weighted by molar-refractivity contribution is 5.70. The van der Waals surface area contributed by atoms with Crippen LogP contribution in [0.3, 0.4) is 0 Å². The highest BCUT2D eigenvalue weighted by atomic mass is 16.4. The molecule has 0 saturated carbocycles. The number of carbonyl (C=O) groups is 1. The van der Waals surface area contributed by atoms with Gasteiger partial charge in [-0.3, -0.25) is 4.79 Å². The van der Waals surface area contributed by atoms with Crippen molar-refractivity contribution in [3.63, 3.8) is 0 Å². The van der Waals surface area contributed by atoms with Crippen LogP contribution < -0.4 is 5.73 Å². The summed E-state index contributed by atoms with van der Waals surface area (Å²) in [6, 6.07) is 8.18. The monoisotopic (exact) mass is 261 g/mol. The van der Waals surface area contributed by atoms with Crippen LogP contribution in [0, 0.1) is 0 Å². The molecule has 0 bridgehead atoms. The van der Waals surface area contributed by atoms with E-state index in [4.69, 9.17) is 5.73 Å². The number of carboxylic acid groups (broad SMARTS) is 1. The third kappa shape index (κ3) is 2.27. The molecule has 0 radical (unpaired) electrons. The minimum atomic E-state index is -0.775. The van der Waals surface area contributed by atoms with Crippen LogP contribution in [0.1, 0.15) is 57.1 Å². The van der Waals surface area contributed by atoms with Gasteiger partial charge >= 0.3 is 5.97 Å². The van der Waals surface area contributed by atoms with Crippen LogP contribution in [-0.4, -0.2) is 16.6 Å². The molecule has 19 heavy (non-hydrogen) atoms. The number of hydrogen-bond donors (Lipinski definition) is 2. The number of benzene rings is 1. The Bertz CT molecular complexity index is 490. The molecule has 3 nitrogen and oxygen atoms in total. The normalized spacial score (nSPS) is 26.8. The molecule has 1 aromatic rings. The van der Waals surface area contributed by atoms with Crippen molar-refractivity contribution in [2.24, 2.45) is 5.73 Å². The lowest BCUT2D eigenvalue weighted by atomic mass is 9.57. The van der Waals surface area contributed by atoms with Crippen LogP contribution in [-0.2, 0) is 10.2 Å². The van der Waals surface area contributed by atoms with Gasteiger partial charge in [-0.25, -0.2) is 0 Å². The molecule has 2 atom stereocenters. The van der Waals surface area contributed by atoms with Crippen molar-refractivity contribution < 1.29 is 9.90 Å². The van der Waals surface area contributed by atoms with Gasteiger partial charge in [0.15, 0.2) is 0 Å². The quantitative estimate of drug-likeness (QED) is 0.879. The molecule has 1 aliphatic rings. The summed E-state index contributed by atoms with van der Waals surface area (Å²) in [4.78, 5) is 11.4. The number of hydrogen-bond acceptors (Lipinski definition) is 2. The second-order valence-electron chi connectivity index (χ2n) is 6.40. The zero-order chi connectivity index (χ0) is 14.3. The second-order valence-corrected chi connectivity index (χ2v) is 6.40. The Morgan fingerprint density at radius 2 is 2.11 bits per heavy atom. The molecule has 0 saturated heterocycles. The molecule has 0 aromatic heterocycles. The van der Waals surface area contributed by atoms with E-state index >= 15 is 0 Å². The fraction of sp³-hybridized carbons (Fsp3) is 0.562. The maximum atomic E-state index is 11.4. The largest absolute Gasteiger partial charge is 0.481 e. The van der Waals surface area contributed by atoms with E-state index in [0.29, 0.717) is 5.92 Å². The number of aliphatic carboxylic acids is 1. The molecule has 3 N–H and O–H groups in total. The van der Waals surface area contributed by atoms with Crippen molar-refractivity contribution in [1.29, 1.82) is 0 Å². The van der Waals surface area contributed by atoms with Crippen molar-refractivity contribution >= 4 is 5.97 Å². The van der Waals surface area contributed by atoms with Crippen LogP contribution in [0.15, 0.2) is 24.3 Å². The summed E-state index contributed by atoms with van der Waals surface area (Å²) in [7, 11) is 0. The standard InChI is InChI=1S/C16H23NO2/c1-11-8-9-16(10-14(18)19,15(2,3)17)13-7-5-4-6-12(11)13/h4-7,11H,8-10,17H2,1-3H3,(H,18,19). The predicted molar refractivity (Wildman–Crippen MR) is 76.3 cm³/mol. The molecule has 0 spiro atoms. The van der Waals surface area contributed by atoms with Gasteiger partial charge in [0.1, 0.15) is 0 Å². The zero-order valence-corrected chi connectivity index (χ0v) is 11.9. The van der Waals surface area contributed by atoms with Crippen LogP contribution in [0.2, 0.25) is 0 Å².